The van der Waals surface area contributed by atoms with Crippen molar-refractivity contribution in [3.8, 4) is 5.82 Å². The van der Waals surface area contributed by atoms with E-state index in [-0.39, 0.29) is 0 Å². The normalized spacial score (nSPS) is 14.2. The number of carbonyl (C=O) groups is 1. The van der Waals surface area contributed by atoms with Gasteiger partial charge >= 0.3 is 0 Å². The van der Waals surface area contributed by atoms with Gasteiger partial charge in [-0.25, -0.2) is 4.98 Å². The SMILES string of the molecule is NC(=O)c1cn(-c2ccnc(Nc3ccc(NCCN4CCOCC4)cc3)n2)c2ccccc12. The zero-order valence-electron chi connectivity index (χ0n) is 18.8. The van der Waals surface area contributed by atoms with Gasteiger partial charge in [-0.3, -0.25) is 9.69 Å². The number of fused-ring (bicyclic) bond motifs is 1. The van der Waals surface area contributed by atoms with Gasteiger partial charge < -0.3 is 25.7 Å². The second kappa shape index (κ2) is 9.90. The third kappa shape index (κ3) is 4.85. The first-order chi connectivity index (χ1) is 16.7. The van der Waals surface area contributed by atoms with Crippen LogP contribution in [0, 0.1) is 0 Å². The number of aromatic nitrogens is 3. The molecule has 0 radical (unpaired) electrons. The summed E-state index contributed by atoms with van der Waals surface area (Å²) in [6.45, 7) is 5.50. The molecule has 2 aromatic carbocycles. The van der Waals surface area contributed by atoms with Gasteiger partial charge in [-0.2, -0.15) is 4.98 Å². The summed E-state index contributed by atoms with van der Waals surface area (Å²) in [6.07, 6.45) is 3.40. The van der Waals surface area contributed by atoms with Gasteiger partial charge in [0.25, 0.3) is 5.91 Å². The lowest BCUT2D eigenvalue weighted by molar-refractivity contribution is 0.0398. The first-order valence-electron chi connectivity index (χ1n) is 11.3. The molecule has 1 saturated heterocycles. The Morgan fingerprint density at radius 1 is 1.03 bits per heavy atom. The van der Waals surface area contributed by atoms with Crippen molar-refractivity contribution in [3.05, 3.63) is 72.6 Å². The van der Waals surface area contributed by atoms with Gasteiger partial charge in [0.05, 0.1) is 24.3 Å². The minimum absolute atomic E-state index is 0.459. The van der Waals surface area contributed by atoms with Gasteiger partial charge in [0.15, 0.2) is 0 Å². The maximum atomic E-state index is 11.9. The maximum absolute atomic E-state index is 11.9. The van der Waals surface area contributed by atoms with Crippen LogP contribution in [-0.2, 0) is 4.74 Å². The number of rotatable bonds is 8. The number of morpholine rings is 1. The van der Waals surface area contributed by atoms with E-state index in [4.69, 9.17) is 10.5 Å². The molecule has 2 aromatic heterocycles. The van der Waals surface area contributed by atoms with E-state index in [1.807, 2.05) is 53.1 Å². The number of hydrogen-bond donors (Lipinski definition) is 3. The number of amides is 1. The molecule has 0 aliphatic carbocycles. The number of primary amides is 1. The molecule has 9 nitrogen and oxygen atoms in total. The fourth-order valence-electron chi connectivity index (χ4n) is 4.09. The summed E-state index contributed by atoms with van der Waals surface area (Å²) in [5.41, 5.74) is 8.83. The molecule has 0 unspecified atom stereocenters. The highest BCUT2D eigenvalue weighted by molar-refractivity contribution is 6.06. The largest absolute Gasteiger partial charge is 0.384 e. The maximum Gasteiger partial charge on any atom is 0.250 e. The number of para-hydroxylation sites is 1. The Hall–Kier alpha value is -3.95. The van der Waals surface area contributed by atoms with Crippen molar-refractivity contribution >= 4 is 34.1 Å². The van der Waals surface area contributed by atoms with Crippen LogP contribution in [-0.4, -0.2) is 64.7 Å². The number of nitrogens with two attached hydrogens (primary N) is 1. The number of nitrogens with one attached hydrogen (secondary N) is 2. The van der Waals surface area contributed by atoms with Crippen LogP contribution in [0.25, 0.3) is 16.7 Å². The predicted molar refractivity (Wildman–Crippen MR) is 133 cm³/mol. The van der Waals surface area contributed by atoms with Crippen LogP contribution in [0.3, 0.4) is 0 Å². The molecular formula is C25H27N7O2. The number of hydrogen-bond acceptors (Lipinski definition) is 7. The topological polar surface area (TPSA) is 110 Å². The van der Waals surface area contributed by atoms with Crippen LogP contribution in [0.15, 0.2) is 67.0 Å². The smallest absolute Gasteiger partial charge is 0.250 e. The Morgan fingerprint density at radius 2 is 1.79 bits per heavy atom. The van der Waals surface area contributed by atoms with E-state index in [1.54, 1.807) is 18.5 Å². The third-order valence-corrected chi connectivity index (χ3v) is 5.87. The zero-order valence-corrected chi connectivity index (χ0v) is 18.8. The second-order valence-corrected chi connectivity index (χ2v) is 8.12. The monoisotopic (exact) mass is 457 g/mol. The lowest BCUT2D eigenvalue weighted by Gasteiger charge is -2.26. The van der Waals surface area contributed by atoms with Crippen molar-refractivity contribution < 1.29 is 9.53 Å². The Morgan fingerprint density at radius 3 is 2.59 bits per heavy atom. The quantitative estimate of drug-likeness (QED) is 0.373. The molecule has 3 heterocycles. The molecular weight excluding hydrogens is 430 g/mol. The van der Waals surface area contributed by atoms with E-state index in [0.717, 1.165) is 61.7 Å². The Labute approximate surface area is 197 Å². The number of nitrogens with zero attached hydrogens (tertiary/aromatic N) is 4. The molecule has 0 saturated carbocycles. The average Bonchev–Trinajstić information content (AvgIpc) is 3.26. The van der Waals surface area contributed by atoms with Crippen LogP contribution in [0.1, 0.15) is 10.4 Å². The standard InChI is InChI=1S/C25H27N7O2/c26-24(33)21-17-32(22-4-2-1-3-20(21)22)23-9-10-28-25(30-23)29-19-7-5-18(6-8-19)27-11-12-31-13-15-34-16-14-31/h1-10,17,27H,11-16H2,(H2,26,33)(H,28,29,30). The number of ether oxygens (including phenoxy) is 1. The lowest BCUT2D eigenvalue weighted by atomic mass is 10.2. The highest BCUT2D eigenvalue weighted by atomic mass is 16.5. The van der Waals surface area contributed by atoms with Crippen molar-refractivity contribution in [2.24, 2.45) is 5.73 Å². The molecule has 0 spiro atoms. The molecule has 5 rings (SSSR count). The van der Waals surface area contributed by atoms with E-state index in [2.05, 4.69) is 25.5 Å². The van der Waals surface area contributed by atoms with Gasteiger partial charge in [0.2, 0.25) is 5.95 Å². The van der Waals surface area contributed by atoms with Crippen LogP contribution >= 0.6 is 0 Å². The highest BCUT2D eigenvalue weighted by Gasteiger charge is 2.14. The molecule has 0 bridgehead atoms. The molecule has 1 aliphatic rings. The van der Waals surface area contributed by atoms with Crippen molar-refractivity contribution in [1.29, 1.82) is 0 Å². The first kappa shape index (κ1) is 21.9. The van der Waals surface area contributed by atoms with E-state index < -0.39 is 5.91 Å². The van der Waals surface area contributed by atoms with Crippen LogP contribution < -0.4 is 16.4 Å². The van der Waals surface area contributed by atoms with Gasteiger partial charge in [-0.05, 0) is 36.4 Å². The van der Waals surface area contributed by atoms with Gasteiger partial charge in [0, 0.05) is 55.3 Å². The van der Waals surface area contributed by atoms with E-state index in [1.165, 1.54) is 0 Å². The van der Waals surface area contributed by atoms with Crippen molar-refractivity contribution in [3.63, 3.8) is 0 Å². The summed E-state index contributed by atoms with van der Waals surface area (Å²) < 4.78 is 7.24. The van der Waals surface area contributed by atoms with Crippen molar-refractivity contribution in [2.75, 3.05) is 50.0 Å². The second-order valence-electron chi connectivity index (χ2n) is 8.12. The van der Waals surface area contributed by atoms with Crippen molar-refractivity contribution in [1.82, 2.24) is 19.4 Å². The molecule has 174 valence electrons. The van der Waals surface area contributed by atoms with E-state index in [0.29, 0.717) is 17.3 Å². The Bertz CT molecular complexity index is 1280. The molecule has 0 atom stereocenters. The summed E-state index contributed by atoms with van der Waals surface area (Å²) in [7, 11) is 0. The lowest BCUT2D eigenvalue weighted by Crippen LogP contribution is -2.38. The fraction of sp³-hybridized carbons (Fsp3) is 0.240. The number of benzene rings is 2. The molecule has 4 N–H and O–H groups in total. The summed E-state index contributed by atoms with van der Waals surface area (Å²) in [5, 5.41) is 7.50. The van der Waals surface area contributed by atoms with Crippen molar-refractivity contribution in [2.45, 2.75) is 0 Å². The minimum Gasteiger partial charge on any atom is -0.384 e. The number of carbonyl (C=O) groups excluding carboxylic acids is 1. The summed E-state index contributed by atoms with van der Waals surface area (Å²) in [4.78, 5) is 23.3. The van der Waals surface area contributed by atoms with E-state index >= 15 is 0 Å². The molecule has 4 aromatic rings. The van der Waals surface area contributed by atoms with Crippen LogP contribution in [0.5, 0.6) is 0 Å². The molecule has 1 aliphatic heterocycles. The van der Waals surface area contributed by atoms with Gasteiger partial charge in [0.1, 0.15) is 5.82 Å². The summed E-state index contributed by atoms with van der Waals surface area (Å²) >= 11 is 0. The van der Waals surface area contributed by atoms with Crippen LogP contribution in [0.2, 0.25) is 0 Å². The van der Waals surface area contributed by atoms with Crippen LogP contribution in [0.4, 0.5) is 17.3 Å². The Kier molecular flexibility index (Phi) is 6.37. The highest BCUT2D eigenvalue weighted by Crippen LogP contribution is 2.24. The molecule has 1 amide bonds. The number of anilines is 3. The van der Waals surface area contributed by atoms with Gasteiger partial charge in [-0.1, -0.05) is 18.2 Å². The molecule has 34 heavy (non-hydrogen) atoms. The minimum atomic E-state index is -0.471. The average molecular weight is 458 g/mol. The summed E-state index contributed by atoms with van der Waals surface area (Å²) in [6, 6.07) is 17.4. The molecule has 9 heteroatoms. The predicted octanol–water partition coefficient (Wildman–Crippen LogP) is 3.01. The molecule has 1 fully saturated rings. The van der Waals surface area contributed by atoms with E-state index in [9.17, 15) is 4.79 Å². The fourth-order valence-corrected chi connectivity index (χ4v) is 4.09. The Balaban J connectivity index is 1.26. The van der Waals surface area contributed by atoms with Gasteiger partial charge in [-0.15, -0.1) is 0 Å². The summed E-state index contributed by atoms with van der Waals surface area (Å²) in [5.74, 6) is 0.632. The first-order valence-corrected chi connectivity index (χ1v) is 11.3. The zero-order chi connectivity index (χ0) is 23.3. The third-order valence-electron chi connectivity index (χ3n) is 5.87.